The second-order valence-electron chi connectivity index (χ2n) is 16.8. The van der Waals surface area contributed by atoms with Gasteiger partial charge in [-0.15, -0.1) is 0 Å². The number of halogens is 11. The Kier molecular flexibility index (Phi) is 12.7. The van der Waals surface area contributed by atoms with E-state index in [0.29, 0.717) is 23.3 Å². The molecule has 7 rings (SSSR count). The minimum absolute atomic E-state index is 0.238. The van der Waals surface area contributed by atoms with E-state index in [9.17, 15) is 65.2 Å². The van der Waals surface area contributed by atoms with E-state index in [-0.39, 0.29) is 32.1 Å². The van der Waals surface area contributed by atoms with E-state index >= 15 is 8.78 Å². The standard InChI is InChI=1S/C40H34ClF10N7O8S3/c1-37(2,67(3,60)61)11-10-21-6-7-22(23-8-9-26(41)29-31(23)57(17-38(44,45)46)55-34(29)56-68(4,62)63)30(52-21)27(14-18-12-19(42)15-20(43)13-18)53-35(59)36(66-69(5,64)65)58-33-28(32(54-58)40(49,50)51)24-16-25(24)39(33,47)48/h6-9,12-13,15,24-25,27,36H,14,16-17H2,1-5H3,(H,53,59)(H,55,56)/t24-,25+,27-,36?/m0/s1. The van der Waals surface area contributed by atoms with Gasteiger partial charge in [-0.2, -0.15) is 53.7 Å². The van der Waals surface area contributed by atoms with Crippen molar-refractivity contribution in [2.45, 2.75) is 74.4 Å². The number of rotatable bonds is 13. The Hall–Kier alpha value is -5.50. The van der Waals surface area contributed by atoms with Crippen LogP contribution in [0.15, 0.2) is 42.5 Å². The molecule has 3 heterocycles. The number of carbonyl (C=O) groups is 1. The Labute approximate surface area is 390 Å². The fraction of sp³-hybridized carbons (Fsp3) is 0.400. The van der Waals surface area contributed by atoms with Crippen LogP contribution in [0.5, 0.6) is 0 Å². The Balaban J connectivity index is 1.52. The summed E-state index contributed by atoms with van der Waals surface area (Å²) in [6.07, 6.45) is -12.9. The minimum Gasteiger partial charge on any atom is -0.343 e. The highest BCUT2D eigenvalue weighted by Crippen LogP contribution is 2.69. The quantitative estimate of drug-likeness (QED) is 0.0690. The topological polar surface area (TPSA) is 201 Å². The highest BCUT2D eigenvalue weighted by Gasteiger charge is 2.69. The lowest BCUT2D eigenvalue weighted by Crippen LogP contribution is -2.40. The summed E-state index contributed by atoms with van der Waals surface area (Å²) in [5.41, 5.74) is -6.94. The van der Waals surface area contributed by atoms with Crippen molar-refractivity contribution in [2.24, 2.45) is 5.92 Å². The number of alkyl halides is 8. The highest BCUT2D eigenvalue weighted by atomic mass is 35.5. The highest BCUT2D eigenvalue weighted by molar-refractivity contribution is 7.92. The number of hydrogen-bond donors (Lipinski definition) is 2. The first-order valence-corrected chi connectivity index (χ1v) is 25.6. The van der Waals surface area contributed by atoms with Crippen LogP contribution < -0.4 is 10.0 Å². The number of fused-ring (bicyclic) bond motifs is 4. The first-order valence-electron chi connectivity index (χ1n) is 19.6. The van der Waals surface area contributed by atoms with Crippen LogP contribution in [-0.2, 0) is 64.0 Å². The van der Waals surface area contributed by atoms with Gasteiger partial charge in [-0.05, 0) is 74.4 Å². The van der Waals surface area contributed by atoms with Gasteiger partial charge in [0, 0.05) is 34.9 Å². The molecular formula is C40H34ClF10N7O8S3. The monoisotopic (exact) mass is 1060 g/mol. The number of sulfone groups is 1. The first kappa shape index (κ1) is 51.4. The van der Waals surface area contributed by atoms with Gasteiger partial charge < -0.3 is 5.32 Å². The van der Waals surface area contributed by atoms with E-state index in [4.69, 9.17) is 15.8 Å². The number of amides is 1. The van der Waals surface area contributed by atoms with Crippen molar-refractivity contribution in [3.8, 4) is 23.0 Å². The molecule has 3 aromatic heterocycles. The predicted molar refractivity (Wildman–Crippen MR) is 226 cm³/mol. The summed E-state index contributed by atoms with van der Waals surface area (Å²) >= 11 is 6.46. The summed E-state index contributed by atoms with van der Waals surface area (Å²) in [7, 11) is -13.2. The molecular weight excluding hydrogens is 1030 g/mol. The number of benzene rings is 2. The van der Waals surface area contributed by atoms with Crippen molar-refractivity contribution < 1.29 is 78.1 Å². The van der Waals surface area contributed by atoms with Gasteiger partial charge in [-0.1, -0.05) is 23.6 Å². The molecule has 2 aliphatic carbocycles. The van der Waals surface area contributed by atoms with Gasteiger partial charge in [0.2, 0.25) is 16.3 Å². The van der Waals surface area contributed by atoms with E-state index in [1.807, 2.05) is 4.72 Å². The predicted octanol–water partition coefficient (Wildman–Crippen LogP) is 7.14. The van der Waals surface area contributed by atoms with Gasteiger partial charge in [0.15, 0.2) is 21.3 Å². The average Bonchev–Trinajstić information content (AvgIpc) is 3.68. The fourth-order valence-corrected chi connectivity index (χ4v) is 9.23. The number of nitrogens with zero attached hydrogens (tertiary/aromatic N) is 5. The Morgan fingerprint density at radius 2 is 1.57 bits per heavy atom. The van der Waals surface area contributed by atoms with Gasteiger partial charge in [0.1, 0.15) is 34.3 Å². The molecule has 29 heteroatoms. The minimum atomic E-state index is -5.43. The number of carbonyl (C=O) groups excluding carboxylic acids is 1. The van der Waals surface area contributed by atoms with Crippen LogP contribution in [0.1, 0.15) is 72.4 Å². The normalized spacial score (nSPS) is 18.0. The third-order valence-electron chi connectivity index (χ3n) is 11.0. The molecule has 5 aromatic rings. The van der Waals surface area contributed by atoms with Gasteiger partial charge in [0.05, 0.1) is 40.2 Å². The first-order chi connectivity index (χ1) is 31.5. The number of hydrogen-bond acceptors (Lipinski definition) is 11. The fourth-order valence-electron chi connectivity index (χ4n) is 7.76. The van der Waals surface area contributed by atoms with Crippen molar-refractivity contribution in [2.75, 3.05) is 23.5 Å². The maximum Gasteiger partial charge on any atom is 0.435 e. The lowest BCUT2D eigenvalue weighted by atomic mass is 9.93. The molecule has 2 aliphatic rings. The molecule has 372 valence electrons. The third kappa shape index (κ3) is 10.7. The molecule has 0 radical (unpaired) electrons. The average molecular weight is 1060 g/mol. The van der Waals surface area contributed by atoms with Crippen molar-refractivity contribution >= 4 is 64.2 Å². The summed E-state index contributed by atoms with van der Waals surface area (Å²) < 4.78 is 228. The Morgan fingerprint density at radius 1 is 0.942 bits per heavy atom. The molecule has 0 spiro atoms. The lowest BCUT2D eigenvalue weighted by Gasteiger charge is -2.26. The smallest absolute Gasteiger partial charge is 0.343 e. The van der Waals surface area contributed by atoms with E-state index in [2.05, 4.69) is 32.3 Å². The SMILES string of the molecule is CC(C)(C#Cc1ccc(-c2ccc(Cl)c3c(NS(C)(=O)=O)nn(CC(F)(F)F)c23)c([C@H](Cc2cc(F)cc(F)c2)NC(=O)C(OS(C)(=O)=O)n2nc(C(F)(F)F)c3c2C(F)(F)[C@@H]2C[C@H]32)n1)S(C)(=O)=O. The van der Waals surface area contributed by atoms with E-state index in [0.717, 1.165) is 42.7 Å². The van der Waals surface area contributed by atoms with Crippen LogP contribution in [0, 0.1) is 29.4 Å². The van der Waals surface area contributed by atoms with Crippen molar-refractivity contribution in [1.29, 1.82) is 0 Å². The number of sulfonamides is 1. The number of aromatic nitrogens is 5. The molecule has 2 aromatic carbocycles. The largest absolute Gasteiger partial charge is 0.435 e. The van der Waals surface area contributed by atoms with Crippen LogP contribution in [0.2, 0.25) is 5.02 Å². The van der Waals surface area contributed by atoms with Crippen LogP contribution >= 0.6 is 11.6 Å². The van der Waals surface area contributed by atoms with Crippen molar-refractivity contribution in [3.63, 3.8) is 0 Å². The maximum atomic E-state index is 15.9. The van der Waals surface area contributed by atoms with Crippen LogP contribution in [-0.4, -0.2) is 85.4 Å². The van der Waals surface area contributed by atoms with Gasteiger partial charge in [0.25, 0.3) is 21.9 Å². The molecule has 4 atom stereocenters. The lowest BCUT2D eigenvalue weighted by molar-refractivity contribution is -0.144. The molecule has 1 fully saturated rings. The molecule has 0 aliphatic heterocycles. The molecule has 0 saturated heterocycles. The number of nitrogens with one attached hydrogen (secondary N) is 2. The molecule has 15 nitrogen and oxygen atoms in total. The van der Waals surface area contributed by atoms with Gasteiger partial charge >= 0.3 is 12.4 Å². The second-order valence-corrected chi connectivity index (χ2v) is 23.1. The van der Waals surface area contributed by atoms with Gasteiger partial charge in [-0.25, -0.2) is 39.5 Å². The summed E-state index contributed by atoms with van der Waals surface area (Å²) in [6.45, 7) is 0.528. The van der Waals surface area contributed by atoms with Crippen LogP contribution in [0.3, 0.4) is 0 Å². The zero-order valence-electron chi connectivity index (χ0n) is 35.9. The van der Waals surface area contributed by atoms with Crippen molar-refractivity contribution in [1.82, 2.24) is 29.9 Å². The molecule has 2 N–H and O–H groups in total. The second kappa shape index (κ2) is 17.1. The molecule has 69 heavy (non-hydrogen) atoms. The summed E-state index contributed by atoms with van der Waals surface area (Å²) in [5, 5.41) is 8.48. The van der Waals surface area contributed by atoms with Crippen LogP contribution in [0.25, 0.3) is 22.0 Å². The third-order valence-corrected chi connectivity index (χ3v) is 14.3. The Bertz CT molecular complexity index is 3350. The Morgan fingerprint density at radius 3 is 2.13 bits per heavy atom. The molecule has 1 amide bonds. The van der Waals surface area contributed by atoms with Gasteiger partial charge in [-0.3, -0.25) is 14.2 Å². The van der Waals surface area contributed by atoms with E-state index in [1.54, 1.807) is 0 Å². The van der Waals surface area contributed by atoms with E-state index in [1.165, 1.54) is 13.8 Å². The molecule has 0 bridgehead atoms. The number of anilines is 1. The zero-order chi connectivity index (χ0) is 51.4. The summed E-state index contributed by atoms with van der Waals surface area (Å²) in [6, 6.07) is 4.29. The number of pyridine rings is 1. The summed E-state index contributed by atoms with van der Waals surface area (Å²) in [4.78, 5) is 19.1. The maximum absolute atomic E-state index is 15.9. The van der Waals surface area contributed by atoms with Crippen LogP contribution in [0.4, 0.5) is 49.7 Å². The zero-order valence-corrected chi connectivity index (χ0v) is 39.1. The summed E-state index contributed by atoms with van der Waals surface area (Å²) in [5.74, 6) is -7.16. The van der Waals surface area contributed by atoms with Crippen molar-refractivity contribution in [3.05, 3.63) is 93.0 Å². The molecule has 1 saturated carbocycles. The van der Waals surface area contributed by atoms with E-state index < -0.39 is 153 Å². The molecule has 1 unspecified atom stereocenters.